The topological polar surface area (TPSA) is 90.3 Å². The fourth-order valence-corrected chi connectivity index (χ4v) is 2.64. The van der Waals surface area contributed by atoms with Gasteiger partial charge in [0, 0.05) is 11.8 Å². The molecule has 1 heterocycles. The molecule has 7 heteroatoms. The summed E-state index contributed by atoms with van der Waals surface area (Å²) in [6, 6.07) is 13.7. The number of fused-ring (bicyclic) bond motifs is 1. The molecule has 3 rings (SSSR count). The smallest absolute Gasteiger partial charge is 0.339 e. The van der Waals surface area contributed by atoms with Crippen LogP contribution in [-0.4, -0.2) is 28.8 Å². The van der Waals surface area contributed by atoms with Gasteiger partial charge in [0.1, 0.15) is 0 Å². The van der Waals surface area contributed by atoms with E-state index >= 15 is 0 Å². The van der Waals surface area contributed by atoms with Crippen molar-refractivity contribution >= 4 is 28.5 Å². The van der Waals surface area contributed by atoms with E-state index in [0.717, 1.165) is 0 Å². The molecule has 132 valence electrons. The van der Waals surface area contributed by atoms with Crippen LogP contribution in [0, 0.1) is 0 Å². The van der Waals surface area contributed by atoms with Gasteiger partial charge in [-0.05, 0) is 24.3 Å². The first kappa shape index (κ1) is 17.3. The zero-order chi connectivity index (χ0) is 18.5. The number of rotatable bonds is 5. The molecular formula is C19H17N3O4. The van der Waals surface area contributed by atoms with Gasteiger partial charge in [0.25, 0.3) is 0 Å². The number of amides is 1. The molecule has 1 aromatic heterocycles. The predicted octanol–water partition coefficient (Wildman–Crippen LogP) is 2.21. The third-order valence-corrected chi connectivity index (χ3v) is 3.92. The van der Waals surface area contributed by atoms with Gasteiger partial charge < -0.3 is 10.1 Å². The van der Waals surface area contributed by atoms with Crippen molar-refractivity contribution in [1.29, 1.82) is 0 Å². The Morgan fingerprint density at radius 1 is 1.12 bits per heavy atom. The Bertz CT molecular complexity index is 1030. The number of carbonyl (C=O) groups is 2. The van der Waals surface area contributed by atoms with E-state index in [1.54, 1.807) is 47.1 Å². The van der Waals surface area contributed by atoms with Crippen LogP contribution < -0.4 is 10.7 Å². The van der Waals surface area contributed by atoms with Crippen molar-refractivity contribution in [3.8, 4) is 0 Å². The van der Waals surface area contributed by atoms with Gasteiger partial charge in [-0.3, -0.25) is 14.3 Å². The van der Waals surface area contributed by atoms with E-state index < -0.39 is 5.97 Å². The fraction of sp³-hybridized carbons (Fsp3) is 0.158. The van der Waals surface area contributed by atoms with Crippen LogP contribution in [0.2, 0.25) is 0 Å². The largest absolute Gasteiger partial charge is 0.465 e. The number of hydrogen-bond donors (Lipinski definition) is 1. The number of methoxy groups -OCH3 is 1. The monoisotopic (exact) mass is 351 g/mol. The van der Waals surface area contributed by atoms with Gasteiger partial charge in [-0.2, -0.15) is 5.10 Å². The van der Waals surface area contributed by atoms with Crippen molar-refractivity contribution in [3.05, 3.63) is 70.5 Å². The Labute approximate surface area is 149 Å². The third kappa shape index (κ3) is 3.61. The standard InChI is InChI=1S/C19H17N3O4/c1-26-19(25)13-6-2-4-8-15(13)21-18(24)10-11-22-16-9-5-3-7-14(16)17(23)12-20-22/h2-9,12H,10-11H2,1H3,(H,21,24). The molecular weight excluding hydrogens is 334 g/mol. The molecule has 0 fully saturated rings. The van der Waals surface area contributed by atoms with Gasteiger partial charge in [0.05, 0.1) is 36.6 Å². The Morgan fingerprint density at radius 2 is 1.85 bits per heavy atom. The minimum absolute atomic E-state index is 0.134. The predicted molar refractivity (Wildman–Crippen MR) is 97.0 cm³/mol. The number of nitrogens with zero attached hydrogens (tertiary/aromatic N) is 2. The maximum atomic E-state index is 12.3. The first-order valence-corrected chi connectivity index (χ1v) is 8.02. The Balaban J connectivity index is 1.74. The summed E-state index contributed by atoms with van der Waals surface area (Å²) in [4.78, 5) is 35.9. The van der Waals surface area contributed by atoms with E-state index in [4.69, 9.17) is 4.74 Å². The summed E-state index contributed by atoms with van der Waals surface area (Å²) < 4.78 is 6.33. The van der Waals surface area contributed by atoms with E-state index in [-0.39, 0.29) is 23.3 Å². The van der Waals surface area contributed by atoms with Crippen molar-refractivity contribution in [2.75, 3.05) is 12.4 Å². The summed E-state index contributed by atoms with van der Waals surface area (Å²) in [5.41, 5.74) is 1.19. The highest BCUT2D eigenvalue weighted by Gasteiger charge is 2.13. The molecule has 0 aliphatic heterocycles. The molecule has 0 aliphatic carbocycles. The highest BCUT2D eigenvalue weighted by Crippen LogP contribution is 2.16. The van der Waals surface area contributed by atoms with Crippen LogP contribution in [-0.2, 0) is 16.1 Å². The average Bonchev–Trinajstić information content (AvgIpc) is 2.67. The molecule has 2 aromatic carbocycles. The van der Waals surface area contributed by atoms with Crippen molar-refractivity contribution in [2.45, 2.75) is 13.0 Å². The van der Waals surface area contributed by atoms with Crippen LogP contribution in [0.5, 0.6) is 0 Å². The molecule has 1 amide bonds. The van der Waals surface area contributed by atoms with Crippen molar-refractivity contribution < 1.29 is 14.3 Å². The van der Waals surface area contributed by atoms with E-state index in [9.17, 15) is 14.4 Å². The van der Waals surface area contributed by atoms with Gasteiger partial charge in [-0.15, -0.1) is 0 Å². The van der Waals surface area contributed by atoms with Crippen LogP contribution in [0.15, 0.2) is 59.5 Å². The second-order valence-electron chi connectivity index (χ2n) is 5.58. The lowest BCUT2D eigenvalue weighted by atomic mass is 10.1. The molecule has 0 bridgehead atoms. The molecule has 3 aromatic rings. The Hall–Kier alpha value is -3.48. The molecule has 26 heavy (non-hydrogen) atoms. The quantitative estimate of drug-likeness (QED) is 0.712. The minimum Gasteiger partial charge on any atom is -0.465 e. The van der Waals surface area contributed by atoms with E-state index in [1.165, 1.54) is 13.3 Å². The normalized spacial score (nSPS) is 10.5. The highest BCUT2D eigenvalue weighted by molar-refractivity contribution is 6.01. The highest BCUT2D eigenvalue weighted by atomic mass is 16.5. The van der Waals surface area contributed by atoms with Gasteiger partial charge in [-0.1, -0.05) is 24.3 Å². The first-order valence-electron chi connectivity index (χ1n) is 8.02. The van der Waals surface area contributed by atoms with Crippen LogP contribution in [0.1, 0.15) is 16.8 Å². The fourth-order valence-electron chi connectivity index (χ4n) is 2.64. The lowest BCUT2D eigenvalue weighted by Crippen LogP contribution is -2.19. The lowest BCUT2D eigenvalue weighted by molar-refractivity contribution is -0.116. The van der Waals surface area contributed by atoms with E-state index in [2.05, 4.69) is 10.4 Å². The second-order valence-corrected chi connectivity index (χ2v) is 5.58. The average molecular weight is 351 g/mol. The summed E-state index contributed by atoms with van der Waals surface area (Å²) in [6.45, 7) is 0.299. The Kier molecular flexibility index (Phi) is 5.07. The van der Waals surface area contributed by atoms with Crippen molar-refractivity contribution in [2.24, 2.45) is 0 Å². The van der Waals surface area contributed by atoms with Gasteiger partial charge in [0.2, 0.25) is 11.3 Å². The summed E-state index contributed by atoms with van der Waals surface area (Å²) in [7, 11) is 1.29. The van der Waals surface area contributed by atoms with E-state index in [0.29, 0.717) is 23.1 Å². The van der Waals surface area contributed by atoms with Crippen LogP contribution in [0.3, 0.4) is 0 Å². The summed E-state index contributed by atoms with van der Waals surface area (Å²) in [6.07, 6.45) is 1.38. The lowest BCUT2D eigenvalue weighted by Gasteiger charge is -2.11. The molecule has 7 nitrogen and oxygen atoms in total. The molecule has 0 unspecified atom stereocenters. The van der Waals surface area contributed by atoms with Gasteiger partial charge in [-0.25, -0.2) is 4.79 Å². The van der Waals surface area contributed by atoms with E-state index in [1.807, 2.05) is 6.07 Å². The minimum atomic E-state index is -0.519. The van der Waals surface area contributed by atoms with Crippen molar-refractivity contribution in [1.82, 2.24) is 9.78 Å². The van der Waals surface area contributed by atoms with Crippen LogP contribution in [0.25, 0.3) is 10.9 Å². The number of anilines is 1. The number of aromatic nitrogens is 2. The first-order chi connectivity index (χ1) is 12.6. The zero-order valence-electron chi connectivity index (χ0n) is 14.1. The van der Waals surface area contributed by atoms with Gasteiger partial charge in [0.15, 0.2) is 0 Å². The number of carbonyl (C=O) groups excluding carboxylic acids is 2. The summed E-state index contributed by atoms with van der Waals surface area (Å²) >= 11 is 0. The summed E-state index contributed by atoms with van der Waals surface area (Å²) in [5, 5.41) is 7.36. The number of para-hydroxylation sites is 2. The number of hydrogen-bond acceptors (Lipinski definition) is 5. The van der Waals surface area contributed by atoms with Crippen LogP contribution >= 0.6 is 0 Å². The number of aryl methyl sites for hydroxylation is 1. The maximum absolute atomic E-state index is 12.3. The van der Waals surface area contributed by atoms with Gasteiger partial charge >= 0.3 is 5.97 Å². The number of nitrogens with one attached hydrogen (secondary N) is 1. The second kappa shape index (κ2) is 7.60. The molecule has 0 saturated heterocycles. The molecule has 0 radical (unpaired) electrons. The SMILES string of the molecule is COC(=O)c1ccccc1NC(=O)CCn1ncc(=O)c2ccccc21. The molecule has 0 saturated carbocycles. The maximum Gasteiger partial charge on any atom is 0.339 e. The molecule has 0 spiro atoms. The van der Waals surface area contributed by atoms with Crippen molar-refractivity contribution in [3.63, 3.8) is 0 Å². The van der Waals surface area contributed by atoms with Crippen LogP contribution in [0.4, 0.5) is 5.69 Å². The number of benzene rings is 2. The molecule has 0 aliphatic rings. The number of ether oxygens (including phenoxy) is 1. The third-order valence-electron chi connectivity index (χ3n) is 3.92. The summed E-state index contributed by atoms with van der Waals surface area (Å²) in [5.74, 6) is -0.792. The Morgan fingerprint density at radius 3 is 2.65 bits per heavy atom. The molecule has 1 N–H and O–H groups in total. The zero-order valence-corrected chi connectivity index (χ0v) is 14.1. The number of esters is 1. The molecule has 0 atom stereocenters.